The lowest BCUT2D eigenvalue weighted by Crippen LogP contribution is -2.38. The van der Waals surface area contributed by atoms with E-state index >= 15 is 0 Å². The molecule has 0 aliphatic carbocycles. The minimum atomic E-state index is -0.643. The molecule has 1 amide bonds. The molecule has 0 aromatic carbocycles. The Kier molecular flexibility index (Phi) is 4.88. The van der Waals surface area contributed by atoms with Gasteiger partial charge in [-0.25, -0.2) is 0 Å². The van der Waals surface area contributed by atoms with Crippen LogP contribution in [0.15, 0.2) is 0 Å². The van der Waals surface area contributed by atoms with E-state index in [1.807, 2.05) is 0 Å². The molecule has 10 heavy (non-hydrogen) atoms. The van der Waals surface area contributed by atoms with Gasteiger partial charge in [-0.05, 0) is 7.05 Å². The van der Waals surface area contributed by atoms with Gasteiger partial charge in [0.05, 0.1) is 6.54 Å². The normalized spacial score (nSPS) is 12.7. The maximum Gasteiger partial charge on any atom is 0.219 e. The van der Waals surface area contributed by atoms with E-state index in [-0.39, 0.29) is 12.5 Å². The number of aliphatic hydroxyl groups is 1. The van der Waals surface area contributed by atoms with Gasteiger partial charge in [-0.3, -0.25) is 10.1 Å². The SMILES string of the molecule is CCC(=O)NCC(O)NC. The van der Waals surface area contributed by atoms with E-state index in [0.29, 0.717) is 6.42 Å². The van der Waals surface area contributed by atoms with Crippen molar-refractivity contribution in [2.24, 2.45) is 0 Å². The molecule has 1 unspecified atom stereocenters. The van der Waals surface area contributed by atoms with Crippen LogP contribution >= 0.6 is 0 Å². The molecule has 0 fully saturated rings. The van der Waals surface area contributed by atoms with Crippen LogP contribution < -0.4 is 10.6 Å². The summed E-state index contributed by atoms with van der Waals surface area (Å²) in [5.74, 6) is -0.0469. The predicted molar refractivity (Wildman–Crippen MR) is 38.4 cm³/mol. The average molecular weight is 146 g/mol. The van der Waals surface area contributed by atoms with Gasteiger partial charge < -0.3 is 10.4 Å². The molecular formula is C6H14N2O2. The lowest BCUT2D eigenvalue weighted by Gasteiger charge is -2.08. The second-order valence-electron chi connectivity index (χ2n) is 1.96. The number of rotatable bonds is 4. The Morgan fingerprint density at radius 1 is 1.70 bits per heavy atom. The summed E-state index contributed by atoms with van der Waals surface area (Å²) >= 11 is 0. The molecule has 0 aromatic heterocycles. The van der Waals surface area contributed by atoms with Crippen LogP contribution in [0.25, 0.3) is 0 Å². The molecule has 0 bridgehead atoms. The quantitative estimate of drug-likeness (QED) is 0.448. The van der Waals surface area contributed by atoms with Crippen LogP contribution in [0.5, 0.6) is 0 Å². The number of carbonyl (C=O) groups is 1. The van der Waals surface area contributed by atoms with Gasteiger partial charge in [0.1, 0.15) is 6.23 Å². The predicted octanol–water partition coefficient (Wildman–Crippen LogP) is -0.950. The Morgan fingerprint density at radius 2 is 2.30 bits per heavy atom. The lowest BCUT2D eigenvalue weighted by molar-refractivity contribution is -0.121. The summed E-state index contributed by atoms with van der Waals surface area (Å²) < 4.78 is 0. The minimum Gasteiger partial charge on any atom is -0.377 e. The maximum atomic E-state index is 10.6. The van der Waals surface area contributed by atoms with E-state index in [2.05, 4.69) is 10.6 Å². The number of likely N-dealkylation sites (N-methyl/N-ethyl adjacent to an activating group) is 1. The van der Waals surface area contributed by atoms with E-state index in [1.54, 1.807) is 14.0 Å². The summed E-state index contributed by atoms with van der Waals surface area (Å²) in [6.45, 7) is 2.03. The van der Waals surface area contributed by atoms with Gasteiger partial charge in [0.25, 0.3) is 0 Å². The highest BCUT2D eigenvalue weighted by molar-refractivity contribution is 5.75. The van der Waals surface area contributed by atoms with Gasteiger partial charge in [-0.15, -0.1) is 0 Å². The first-order valence-electron chi connectivity index (χ1n) is 3.32. The first-order valence-corrected chi connectivity index (χ1v) is 3.32. The van der Waals surface area contributed by atoms with Crippen molar-refractivity contribution < 1.29 is 9.90 Å². The largest absolute Gasteiger partial charge is 0.377 e. The van der Waals surface area contributed by atoms with Crippen LogP contribution in [0.2, 0.25) is 0 Å². The first-order chi connectivity index (χ1) is 4.70. The topological polar surface area (TPSA) is 61.4 Å². The Bertz CT molecular complexity index is 106. The van der Waals surface area contributed by atoms with Crippen molar-refractivity contribution in [3.8, 4) is 0 Å². The highest BCUT2D eigenvalue weighted by atomic mass is 16.3. The molecule has 0 saturated heterocycles. The monoisotopic (exact) mass is 146 g/mol. The van der Waals surface area contributed by atoms with Crippen molar-refractivity contribution in [3.63, 3.8) is 0 Å². The van der Waals surface area contributed by atoms with E-state index in [1.165, 1.54) is 0 Å². The number of nitrogens with one attached hydrogen (secondary N) is 2. The van der Waals surface area contributed by atoms with E-state index in [4.69, 9.17) is 5.11 Å². The lowest BCUT2D eigenvalue weighted by atomic mass is 10.4. The molecular weight excluding hydrogens is 132 g/mol. The molecule has 3 N–H and O–H groups in total. The molecule has 0 aliphatic rings. The van der Waals surface area contributed by atoms with Crippen molar-refractivity contribution >= 4 is 5.91 Å². The summed E-state index contributed by atoms with van der Waals surface area (Å²) in [5, 5.41) is 14.0. The van der Waals surface area contributed by atoms with Gasteiger partial charge in [-0.2, -0.15) is 0 Å². The molecule has 0 aromatic rings. The molecule has 60 valence electrons. The number of hydrogen-bond donors (Lipinski definition) is 3. The number of amides is 1. The molecule has 0 heterocycles. The van der Waals surface area contributed by atoms with Crippen LogP contribution in [0.1, 0.15) is 13.3 Å². The number of aliphatic hydroxyl groups excluding tert-OH is 1. The van der Waals surface area contributed by atoms with E-state index in [9.17, 15) is 4.79 Å². The van der Waals surface area contributed by atoms with Crippen molar-refractivity contribution in [1.82, 2.24) is 10.6 Å². The zero-order chi connectivity index (χ0) is 7.98. The van der Waals surface area contributed by atoms with Crippen LogP contribution in [-0.4, -0.2) is 30.8 Å². The van der Waals surface area contributed by atoms with Crippen LogP contribution in [-0.2, 0) is 4.79 Å². The molecule has 4 heteroatoms. The van der Waals surface area contributed by atoms with Crippen molar-refractivity contribution in [1.29, 1.82) is 0 Å². The second-order valence-corrected chi connectivity index (χ2v) is 1.96. The zero-order valence-electron chi connectivity index (χ0n) is 6.35. The molecule has 0 saturated carbocycles. The molecule has 0 radical (unpaired) electrons. The summed E-state index contributed by atoms with van der Waals surface area (Å²) in [5.41, 5.74) is 0. The summed E-state index contributed by atoms with van der Waals surface area (Å²) in [6.07, 6.45) is -0.188. The third kappa shape index (κ3) is 4.29. The highest BCUT2D eigenvalue weighted by Crippen LogP contribution is 1.75. The smallest absolute Gasteiger partial charge is 0.219 e. The Labute approximate surface area is 60.6 Å². The molecule has 0 rings (SSSR count). The van der Waals surface area contributed by atoms with Gasteiger partial charge >= 0.3 is 0 Å². The fourth-order valence-electron chi connectivity index (χ4n) is 0.438. The van der Waals surface area contributed by atoms with Crippen LogP contribution in [0, 0.1) is 0 Å². The number of carbonyl (C=O) groups excluding carboxylic acids is 1. The Hall–Kier alpha value is -0.610. The summed E-state index contributed by atoms with van der Waals surface area (Å²) in [6, 6.07) is 0. The van der Waals surface area contributed by atoms with Gasteiger partial charge in [-0.1, -0.05) is 6.92 Å². The van der Waals surface area contributed by atoms with Gasteiger partial charge in [0, 0.05) is 6.42 Å². The van der Waals surface area contributed by atoms with E-state index < -0.39 is 6.23 Å². The summed E-state index contributed by atoms with van der Waals surface area (Å²) in [4.78, 5) is 10.6. The average Bonchev–Trinajstić information content (AvgIpc) is 1.99. The third-order valence-corrected chi connectivity index (χ3v) is 1.15. The first kappa shape index (κ1) is 9.39. The fraction of sp³-hybridized carbons (Fsp3) is 0.833. The number of hydrogen-bond acceptors (Lipinski definition) is 3. The van der Waals surface area contributed by atoms with Crippen LogP contribution in [0.4, 0.5) is 0 Å². The Balaban J connectivity index is 3.26. The van der Waals surface area contributed by atoms with Crippen molar-refractivity contribution in [2.45, 2.75) is 19.6 Å². The zero-order valence-corrected chi connectivity index (χ0v) is 6.35. The molecule has 0 spiro atoms. The molecule has 4 nitrogen and oxygen atoms in total. The van der Waals surface area contributed by atoms with Gasteiger partial charge in [0.2, 0.25) is 5.91 Å². The van der Waals surface area contributed by atoms with Crippen LogP contribution in [0.3, 0.4) is 0 Å². The van der Waals surface area contributed by atoms with Gasteiger partial charge in [0.15, 0.2) is 0 Å². The molecule has 1 atom stereocenters. The standard InChI is InChI=1S/C6H14N2O2/c1-3-5(9)8-4-6(10)7-2/h6-7,10H,3-4H2,1-2H3,(H,8,9). The highest BCUT2D eigenvalue weighted by Gasteiger charge is 2.00. The molecule has 0 aliphatic heterocycles. The Morgan fingerprint density at radius 3 is 2.70 bits per heavy atom. The minimum absolute atomic E-state index is 0.0469. The second kappa shape index (κ2) is 5.20. The fourth-order valence-corrected chi connectivity index (χ4v) is 0.438. The van der Waals surface area contributed by atoms with E-state index in [0.717, 1.165) is 0 Å². The maximum absolute atomic E-state index is 10.6. The van der Waals surface area contributed by atoms with Crippen molar-refractivity contribution in [2.75, 3.05) is 13.6 Å². The van der Waals surface area contributed by atoms with Crippen molar-refractivity contribution in [3.05, 3.63) is 0 Å². The third-order valence-electron chi connectivity index (χ3n) is 1.15. The summed E-state index contributed by atoms with van der Waals surface area (Å²) in [7, 11) is 1.63.